The van der Waals surface area contributed by atoms with Crippen LogP contribution in [0.25, 0.3) is 0 Å². The molecular formula is C23H24N8O3S. The van der Waals surface area contributed by atoms with Crippen LogP contribution in [0, 0.1) is 0 Å². The van der Waals surface area contributed by atoms with Crippen LogP contribution in [0.2, 0.25) is 0 Å². The lowest BCUT2D eigenvalue weighted by Gasteiger charge is -2.44. The normalized spacial score (nSPS) is 23.2. The van der Waals surface area contributed by atoms with Gasteiger partial charge in [-0.2, -0.15) is 5.21 Å². The molecule has 11 nitrogen and oxygen atoms in total. The van der Waals surface area contributed by atoms with E-state index < -0.39 is 23.9 Å². The van der Waals surface area contributed by atoms with E-state index in [9.17, 15) is 14.4 Å². The van der Waals surface area contributed by atoms with E-state index in [-0.39, 0.29) is 22.1 Å². The fourth-order valence-electron chi connectivity index (χ4n) is 4.48. The largest absolute Gasteiger partial charge is 0.399 e. The van der Waals surface area contributed by atoms with Gasteiger partial charge in [0.15, 0.2) is 5.82 Å². The molecule has 2 unspecified atom stereocenters. The van der Waals surface area contributed by atoms with Crippen molar-refractivity contribution >= 4 is 35.2 Å². The second kappa shape index (κ2) is 8.69. The Bertz CT molecular complexity index is 1250. The molecule has 2 fully saturated rings. The summed E-state index contributed by atoms with van der Waals surface area (Å²) >= 11 is 1.57. The lowest BCUT2D eigenvalue weighted by Crippen LogP contribution is -2.68. The molecule has 4 atom stereocenters. The smallest absolute Gasteiger partial charge is 0.252 e. The third kappa shape index (κ3) is 4.09. The van der Waals surface area contributed by atoms with E-state index in [0.717, 1.165) is 0 Å². The molecule has 0 spiro atoms. The Kier molecular flexibility index (Phi) is 5.67. The molecule has 0 saturated carbocycles. The predicted molar refractivity (Wildman–Crippen MR) is 129 cm³/mol. The molecular weight excluding hydrogens is 468 g/mol. The van der Waals surface area contributed by atoms with Crippen molar-refractivity contribution in [3.8, 4) is 0 Å². The molecule has 1 aromatic heterocycles. The van der Waals surface area contributed by atoms with Gasteiger partial charge in [0.1, 0.15) is 23.5 Å². The number of hydrogen-bond donors (Lipinski definition) is 4. The zero-order chi connectivity index (χ0) is 24.7. The third-order valence-electron chi connectivity index (χ3n) is 6.19. The van der Waals surface area contributed by atoms with Gasteiger partial charge in [-0.25, -0.2) is 0 Å². The van der Waals surface area contributed by atoms with E-state index in [1.165, 1.54) is 0 Å². The van der Waals surface area contributed by atoms with Crippen LogP contribution in [0.4, 0.5) is 5.69 Å². The minimum absolute atomic E-state index is 0.229. The Balaban J connectivity index is 1.35. The van der Waals surface area contributed by atoms with Gasteiger partial charge >= 0.3 is 0 Å². The van der Waals surface area contributed by atoms with Crippen LogP contribution < -0.4 is 16.4 Å². The first-order chi connectivity index (χ1) is 16.8. The predicted octanol–water partition coefficient (Wildman–Crippen LogP) is 1.17. The van der Waals surface area contributed by atoms with E-state index in [0.29, 0.717) is 22.6 Å². The van der Waals surface area contributed by atoms with Gasteiger partial charge in [-0.05, 0) is 43.7 Å². The van der Waals surface area contributed by atoms with Crippen molar-refractivity contribution in [2.75, 3.05) is 5.73 Å². The van der Waals surface area contributed by atoms with Gasteiger partial charge < -0.3 is 21.3 Å². The van der Waals surface area contributed by atoms with Crippen molar-refractivity contribution < 1.29 is 14.4 Å². The highest BCUT2D eigenvalue weighted by molar-refractivity contribution is 8.01. The molecule has 12 heteroatoms. The summed E-state index contributed by atoms with van der Waals surface area (Å²) < 4.78 is -0.383. The molecule has 0 radical (unpaired) electrons. The second-order valence-corrected chi connectivity index (χ2v) is 10.7. The monoisotopic (exact) mass is 492 g/mol. The van der Waals surface area contributed by atoms with Crippen LogP contribution in [-0.2, 0) is 9.59 Å². The standard InChI is InChI=1S/C23H24N8O3S/c1-23(2)17(18-27-29-30-28-18)31-21(34)16(22(31)35-23)26-20(33)15(12-6-4-3-5-7-12)25-19(32)13-8-10-14(24)11-9-13/h3-11,15-17,22H,24H2,1-2H3,(H,25,32)(H,26,33)(H,27,28,29,30)/t15-,16?,17?,22-/m1/s1. The summed E-state index contributed by atoms with van der Waals surface area (Å²) in [7, 11) is 0. The van der Waals surface area contributed by atoms with E-state index in [1.54, 1.807) is 65.2 Å². The number of nitrogens with two attached hydrogens (primary N) is 1. The summed E-state index contributed by atoms with van der Waals surface area (Å²) in [5, 5.41) is 19.6. The first-order valence-corrected chi connectivity index (χ1v) is 11.9. The quantitative estimate of drug-likeness (QED) is 0.295. The Morgan fingerprint density at radius 2 is 1.86 bits per heavy atom. The number of anilines is 1. The highest BCUT2D eigenvalue weighted by Gasteiger charge is 2.63. The summed E-state index contributed by atoms with van der Waals surface area (Å²) in [6.07, 6.45) is 0. The molecule has 2 aromatic carbocycles. The maximum Gasteiger partial charge on any atom is 0.252 e. The molecule has 2 aliphatic rings. The number of aromatic nitrogens is 4. The molecule has 0 aliphatic carbocycles. The Labute approximate surface area is 205 Å². The number of thioether (sulfide) groups is 1. The summed E-state index contributed by atoms with van der Waals surface area (Å²) in [5.74, 6) is -0.697. The van der Waals surface area contributed by atoms with Crippen LogP contribution in [0.5, 0.6) is 0 Å². The number of fused-ring (bicyclic) bond motifs is 1. The highest BCUT2D eigenvalue weighted by Crippen LogP contribution is 2.56. The number of tetrazole rings is 1. The minimum atomic E-state index is -0.990. The number of nitrogens with zero attached hydrogens (tertiary/aromatic N) is 4. The van der Waals surface area contributed by atoms with E-state index in [1.807, 2.05) is 19.9 Å². The molecule has 2 aliphatic heterocycles. The molecule has 35 heavy (non-hydrogen) atoms. The fourth-order valence-corrected chi connectivity index (χ4v) is 6.11. The van der Waals surface area contributed by atoms with Crippen molar-refractivity contribution in [1.82, 2.24) is 36.2 Å². The molecule has 0 bridgehead atoms. The average molecular weight is 493 g/mol. The van der Waals surface area contributed by atoms with Gasteiger partial charge in [0.25, 0.3) is 5.91 Å². The summed E-state index contributed by atoms with van der Waals surface area (Å²) in [6.45, 7) is 4.01. The van der Waals surface area contributed by atoms with Crippen molar-refractivity contribution in [1.29, 1.82) is 0 Å². The molecule has 5 N–H and O–H groups in total. The summed E-state index contributed by atoms with van der Waals surface area (Å²) in [5.41, 5.74) is 7.21. The zero-order valence-electron chi connectivity index (χ0n) is 19.0. The zero-order valence-corrected chi connectivity index (χ0v) is 19.8. The van der Waals surface area contributed by atoms with E-state index >= 15 is 0 Å². The Hall–Kier alpha value is -3.93. The topological polar surface area (TPSA) is 159 Å². The van der Waals surface area contributed by atoms with Gasteiger partial charge in [-0.1, -0.05) is 35.5 Å². The van der Waals surface area contributed by atoms with Crippen LogP contribution >= 0.6 is 11.8 Å². The molecule has 3 amide bonds. The van der Waals surface area contributed by atoms with Gasteiger partial charge in [0.05, 0.1) is 0 Å². The van der Waals surface area contributed by atoms with Crippen LogP contribution in [0.1, 0.15) is 47.7 Å². The van der Waals surface area contributed by atoms with Gasteiger partial charge in [0.2, 0.25) is 11.8 Å². The SMILES string of the molecule is CC1(C)S[C@@H]2C(NC(=O)[C@H](NC(=O)c3ccc(N)cc3)c3ccccc3)C(=O)N2C1c1nn[nH]n1. The number of nitrogens with one attached hydrogen (secondary N) is 3. The summed E-state index contributed by atoms with van der Waals surface area (Å²) in [4.78, 5) is 41.1. The van der Waals surface area contributed by atoms with Gasteiger partial charge in [-0.15, -0.1) is 22.0 Å². The molecule has 2 saturated heterocycles. The van der Waals surface area contributed by atoms with Crippen molar-refractivity contribution in [2.24, 2.45) is 0 Å². The Morgan fingerprint density at radius 3 is 2.51 bits per heavy atom. The number of benzene rings is 2. The van der Waals surface area contributed by atoms with Crippen LogP contribution in [-0.4, -0.2) is 59.4 Å². The van der Waals surface area contributed by atoms with Gasteiger partial charge in [0, 0.05) is 16.0 Å². The molecule has 180 valence electrons. The fraction of sp³-hybridized carbons (Fsp3) is 0.304. The maximum atomic E-state index is 13.4. The number of β-lactam (4-membered cyclic amide) rings is 1. The first kappa shape index (κ1) is 22.8. The first-order valence-electron chi connectivity index (χ1n) is 11.0. The number of hydrogen-bond acceptors (Lipinski definition) is 8. The van der Waals surface area contributed by atoms with Crippen molar-refractivity contribution in [3.05, 3.63) is 71.5 Å². The Morgan fingerprint density at radius 1 is 1.14 bits per heavy atom. The molecule has 3 aromatic rings. The van der Waals surface area contributed by atoms with Crippen molar-refractivity contribution in [3.63, 3.8) is 0 Å². The van der Waals surface area contributed by atoms with E-state index in [2.05, 4.69) is 31.3 Å². The number of H-pyrrole nitrogens is 1. The molecule has 5 rings (SSSR count). The van der Waals surface area contributed by atoms with Gasteiger partial charge in [-0.3, -0.25) is 14.4 Å². The maximum absolute atomic E-state index is 13.4. The minimum Gasteiger partial charge on any atom is -0.399 e. The van der Waals surface area contributed by atoms with E-state index in [4.69, 9.17) is 5.73 Å². The van der Waals surface area contributed by atoms with Crippen molar-refractivity contribution in [2.45, 2.75) is 42.1 Å². The number of carbonyl (C=O) groups excluding carboxylic acids is 3. The lowest BCUT2D eigenvalue weighted by molar-refractivity contribution is -0.152. The lowest BCUT2D eigenvalue weighted by atomic mass is 9.95. The number of rotatable bonds is 6. The summed E-state index contributed by atoms with van der Waals surface area (Å²) in [6, 6.07) is 13.2. The highest BCUT2D eigenvalue weighted by atomic mass is 32.2. The number of carbonyl (C=O) groups is 3. The number of nitrogen functional groups attached to an aromatic ring is 1. The number of amides is 3. The van der Waals surface area contributed by atoms with Crippen LogP contribution in [0.15, 0.2) is 54.6 Å². The second-order valence-electron chi connectivity index (χ2n) is 8.96. The number of aromatic amines is 1. The third-order valence-corrected chi connectivity index (χ3v) is 7.76. The average Bonchev–Trinajstić information content (AvgIpc) is 3.45. The van der Waals surface area contributed by atoms with Crippen LogP contribution in [0.3, 0.4) is 0 Å². The molecule has 3 heterocycles.